The summed E-state index contributed by atoms with van der Waals surface area (Å²) in [6, 6.07) is 9.39. The smallest absolute Gasteiger partial charge is 0.257 e. The Labute approximate surface area is 156 Å². The number of carbonyl (C=O) groups is 1. The molecule has 1 fully saturated rings. The molecule has 0 aliphatic carbocycles. The first-order valence-electron chi connectivity index (χ1n) is 8.03. The fraction of sp³-hybridized carbons (Fsp3) is 0.294. The summed E-state index contributed by atoms with van der Waals surface area (Å²) in [6.07, 6.45) is 2.62. The molecule has 2 aromatic rings. The van der Waals surface area contributed by atoms with E-state index in [0.29, 0.717) is 11.4 Å². The summed E-state index contributed by atoms with van der Waals surface area (Å²) in [5.41, 5.74) is 1.13. The average molecular weight is 393 g/mol. The molecule has 1 aliphatic heterocycles. The van der Waals surface area contributed by atoms with Crippen LogP contribution in [0.25, 0.3) is 0 Å². The first kappa shape index (κ1) is 18.7. The Morgan fingerprint density at radius 2 is 2.08 bits per heavy atom. The van der Waals surface area contributed by atoms with Crippen LogP contribution in [0.5, 0.6) is 5.88 Å². The molecule has 26 heavy (non-hydrogen) atoms. The fourth-order valence-corrected chi connectivity index (χ4v) is 4.11. The van der Waals surface area contributed by atoms with Crippen LogP contribution in [0, 0.1) is 0 Å². The van der Waals surface area contributed by atoms with Gasteiger partial charge in [-0.1, -0.05) is 12.1 Å². The number of thioether (sulfide) groups is 1. The Balaban J connectivity index is 1.65. The van der Waals surface area contributed by atoms with Crippen LogP contribution in [-0.4, -0.2) is 36.9 Å². The third kappa shape index (κ3) is 4.75. The van der Waals surface area contributed by atoms with Crippen molar-refractivity contribution >= 4 is 27.7 Å². The van der Waals surface area contributed by atoms with E-state index in [1.807, 2.05) is 11.8 Å². The van der Waals surface area contributed by atoms with Crippen LogP contribution in [-0.2, 0) is 16.6 Å². The highest BCUT2D eigenvalue weighted by Gasteiger charge is 2.21. The first-order chi connectivity index (χ1) is 12.4. The Morgan fingerprint density at radius 3 is 2.73 bits per heavy atom. The van der Waals surface area contributed by atoms with Gasteiger partial charge in [-0.25, -0.2) is 18.5 Å². The predicted molar refractivity (Wildman–Crippen MR) is 99.6 cm³/mol. The summed E-state index contributed by atoms with van der Waals surface area (Å²) in [7, 11) is -3.72. The van der Waals surface area contributed by atoms with Crippen molar-refractivity contribution < 1.29 is 17.9 Å². The highest BCUT2D eigenvalue weighted by Crippen LogP contribution is 2.24. The highest BCUT2D eigenvalue weighted by molar-refractivity contribution is 7.99. The molecular formula is C17H19N3O4S2. The number of sulfonamides is 1. The average Bonchev–Trinajstić information content (AvgIpc) is 3.13. The first-order valence-corrected chi connectivity index (χ1v) is 10.7. The van der Waals surface area contributed by atoms with Crippen LogP contribution in [0.3, 0.4) is 0 Å². The lowest BCUT2D eigenvalue weighted by molar-refractivity contribution is 0.0943. The molecule has 2 heterocycles. The minimum atomic E-state index is -3.72. The van der Waals surface area contributed by atoms with E-state index in [4.69, 9.17) is 9.88 Å². The van der Waals surface area contributed by atoms with Gasteiger partial charge in [-0.15, -0.1) is 0 Å². The Bertz CT molecular complexity index is 879. The predicted octanol–water partition coefficient (Wildman–Crippen LogP) is 1.54. The number of pyridine rings is 1. The molecule has 138 valence electrons. The van der Waals surface area contributed by atoms with Gasteiger partial charge in [-0.3, -0.25) is 4.79 Å². The molecule has 0 spiro atoms. The zero-order chi connectivity index (χ0) is 18.6. The molecule has 7 nitrogen and oxygen atoms in total. The van der Waals surface area contributed by atoms with Gasteiger partial charge in [0.15, 0.2) is 0 Å². The van der Waals surface area contributed by atoms with Gasteiger partial charge in [-0.2, -0.15) is 11.8 Å². The van der Waals surface area contributed by atoms with Crippen molar-refractivity contribution in [3.05, 3.63) is 53.7 Å². The summed E-state index contributed by atoms with van der Waals surface area (Å²) in [6.45, 7) is 0.247. The van der Waals surface area contributed by atoms with Crippen LogP contribution in [0.1, 0.15) is 22.3 Å². The van der Waals surface area contributed by atoms with E-state index in [-0.39, 0.29) is 23.5 Å². The SMILES string of the molecule is NS(=O)(=O)c1ccc(CNC(=O)c2cccnc2OC2CCSC2)cc1. The highest BCUT2D eigenvalue weighted by atomic mass is 32.2. The minimum Gasteiger partial charge on any atom is -0.473 e. The second-order valence-corrected chi connectivity index (χ2v) is 8.54. The molecule has 1 amide bonds. The van der Waals surface area contributed by atoms with Crippen molar-refractivity contribution in [2.24, 2.45) is 5.14 Å². The Kier molecular flexibility index (Phi) is 5.80. The number of primary sulfonamides is 1. The number of aromatic nitrogens is 1. The number of carbonyl (C=O) groups excluding carboxylic acids is 1. The summed E-state index contributed by atoms with van der Waals surface area (Å²) in [5, 5.41) is 7.86. The lowest BCUT2D eigenvalue weighted by atomic mass is 10.2. The molecule has 0 bridgehead atoms. The van der Waals surface area contributed by atoms with Crippen molar-refractivity contribution in [2.45, 2.75) is 24.0 Å². The minimum absolute atomic E-state index is 0.0324. The van der Waals surface area contributed by atoms with Gasteiger partial charge >= 0.3 is 0 Å². The number of amides is 1. The maximum absolute atomic E-state index is 12.5. The van der Waals surface area contributed by atoms with Crippen LogP contribution >= 0.6 is 11.8 Å². The lowest BCUT2D eigenvalue weighted by Gasteiger charge is -2.14. The molecule has 0 saturated carbocycles. The Hall–Kier alpha value is -2.10. The molecule has 9 heteroatoms. The molecule has 3 N–H and O–H groups in total. The lowest BCUT2D eigenvalue weighted by Crippen LogP contribution is -2.25. The van der Waals surface area contributed by atoms with Gasteiger partial charge in [-0.05, 0) is 42.0 Å². The van der Waals surface area contributed by atoms with Crippen molar-refractivity contribution in [1.29, 1.82) is 0 Å². The number of hydrogen-bond acceptors (Lipinski definition) is 6. The quantitative estimate of drug-likeness (QED) is 0.770. The van der Waals surface area contributed by atoms with Gasteiger partial charge in [0.1, 0.15) is 11.7 Å². The van der Waals surface area contributed by atoms with Crippen molar-refractivity contribution in [3.8, 4) is 5.88 Å². The van der Waals surface area contributed by atoms with Gasteiger partial charge in [0, 0.05) is 18.5 Å². The second-order valence-electron chi connectivity index (χ2n) is 5.83. The van der Waals surface area contributed by atoms with E-state index in [1.165, 1.54) is 12.1 Å². The number of rotatable bonds is 6. The van der Waals surface area contributed by atoms with Crippen LogP contribution in [0.15, 0.2) is 47.5 Å². The van der Waals surface area contributed by atoms with Crippen molar-refractivity contribution in [3.63, 3.8) is 0 Å². The maximum Gasteiger partial charge on any atom is 0.257 e. The normalized spacial score (nSPS) is 17.0. The zero-order valence-corrected chi connectivity index (χ0v) is 15.6. The van der Waals surface area contributed by atoms with E-state index in [9.17, 15) is 13.2 Å². The van der Waals surface area contributed by atoms with Crippen LogP contribution in [0.4, 0.5) is 0 Å². The summed E-state index contributed by atoms with van der Waals surface area (Å²) >= 11 is 1.82. The van der Waals surface area contributed by atoms with E-state index in [1.54, 1.807) is 30.5 Å². The van der Waals surface area contributed by atoms with E-state index < -0.39 is 10.0 Å². The number of benzene rings is 1. The number of nitrogens with one attached hydrogen (secondary N) is 1. The molecule has 1 atom stereocenters. The standard InChI is InChI=1S/C17H19N3O4S2/c18-26(22,23)14-5-3-12(4-6-14)10-20-16(21)15-2-1-8-19-17(15)24-13-7-9-25-11-13/h1-6,8,13H,7,9-11H2,(H,20,21)(H2,18,22,23). The van der Waals surface area contributed by atoms with E-state index in [0.717, 1.165) is 23.5 Å². The Morgan fingerprint density at radius 1 is 1.31 bits per heavy atom. The number of hydrogen-bond donors (Lipinski definition) is 2. The van der Waals surface area contributed by atoms with Gasteiger partial charge < -0.3 is 10.1 Å². The van der Waals surface area contributed by atoms with Crippen LogP contribution < -0.4 is 15.2 Å². The molecule has 1 aliphatic rings. The van der Waals surface area contributed by atoms with Crippen molar-refractivity contribution in [2.75, 3.05) is 11.5 Å². The number of nitrogens with zero attached hydrogens (tertiary/aromatic N) is 1. The molecule has 1 unspecified atom stereocenters. The van der Waals surface area contributed by atoms with Gasteiger partial charge in [0.25, 0.3) is 5.91 Å². The molecule has 1 aromatic carbocycles. The third-order valence-electron chi connectivity index (χ3n) is 3.89. The van der Waals surface area contributed by atoms with Crippen molar-refractivity contribution in [1.82, 2.24) is 10.3 Å². The molecular weight excluding hydrogens is 374 g/mol. The molecule has 1 aromatic heterocycles. The molecule has 3 rings (SSSR count). The monoisotopic (exact) mass is 393 g/mol. The van der Waals surface area contributed by atoms with Gasteiger partial charge in [0.2, 0.25) is 15.9 Å². The molecule has 0 radical (unpaired) electrons. The second kappa shape index (κ2) is 8.07. The van der Waals surface area contributed by atoms with E-state index >= 15 is 0 Å². The summed E-state index contributed by atoms with van der Waals surface area (Å²) in [5.74, 6) is 1.98. The third-order valence-corrected chi connectivity index (χ3v) is 5.95. The van der Waals surface area contributed by atoms with E-state index in [2.05, 4.69) is 10.3 Å². The largest absolute Gasteiger partial charge is 0.473 e. The maximum atomic E-state index is 12.5. The number of nitrogens with two attached hydrogens (primary N) is 1. The molecule has 1 saturated heterocycles. The topological polar surface area (TPSA) is 111 Å². The summed E-state index contributed by atoms with van der Waals surface area (Å²) in [4.78, 5) is 16.7. The zero-order valence-electron chi connectivity index (χ0n) is 13.9. The van der Waals surface area contributed by atoms with Crippen LogP contribution in [0.2, 0.25) is 0 Å². The number of ether oxygens (including phenoxy) is 1. The fourth-order valence-electron chi connectivity index (χ4n) is 2.50. The van der Waals surface area contributed by atoms with Gasteiger partial charge in [0.05, 0.1) is 4.90 Å². The summed E-state index contributed by atoms with van der Waals surface area (Å²) < 4.78 is 28.4.